The first-order chi connectivity index (χ1) is 9.78. The molecule has 0 saturated heterocycles. The highest BCUT2D eigenvalue weighted by Crippen LogP contribution is 2.59. The first kappa shape index (κ1) is 17.5. The number of rotatable bonds is 5. The van der Waals surface area contributed by atoms with Crippen molar-refractivity contribution in [2.45, 2.75) is 84.7 Å². The minimum absolute atomic E-state index is 0.501. The first-order valence-corrected chi connectivity index (χ1v) is 9.71. The van der Waals surface area contributed by atoms with Crippen molar-refractivity contribution in [3.8, 4) is 0 Å². The van der Waals surface area contributed by atoms with Crippen LogP contribution in [0.4, 0.5) is 0 Å². The van der Waals surface area contributed by atoms with Crippen molar-refractivity contribution < 1.29 is 5.11 Å². The highest BCUT2D eigenvalue weighted by molar-refractivity contribution is 9.11. The third-order valence-electron chi connectivity index (χ3n) is 6.31. The Hall–Kier alpha value is 0.180. The molecule has 0 amide bonds. The fraction of sp³-hybridized carbons (Fsp3) is 0.895. The van der Waals surface area contributed by atoms with Crippen LogP contribution >= 0.6 is 15.9 Å². The van der Waals surface area contributed by atoms with E-state index < -0.39 is 5.60 Å². The van der Waals surface area contributed by atoms with Gasteiger partial charge in [0.2, 0.25) is 0 Å². The summed E-state index contributed by atoms with van der Waals surface area (Å²) in [6, 6.07) is 0. The van der Waals surface area contributed by atoms with E-state index in [0.717, 1.165) is 30.6 Å². The lowest BCUT2D eigenvalue weighted by molar-refractivity contribution is 0.0597. The van der Waals surface area contributed by atoms with Gasteiger partial charge in [0, 0.05) is 0 Å². The van der Waals surface area contributed by atoms with Gasteiger partial charge in [0.15, 0.2) is 0 Å². The third-order valence-corrected chi connectivity index (χ3v) is 6.90. The molecule has 2 fully saturated rings. The van der Waals surface area contributed by atoms with Gasteiger partial charge in [-0.3, -0.25) is 0 Å². The van der Waals surface area contributed by atoms with E-state index in [0.29, 0.717) is 5.41 Å². The van der Waals surface area contributed by atoms with Gasteiger partial charge in [-0.05, 0) is 80.5 Å². The second-order valence-corrected chi connectivity index (χ2v) is 8.92. The molecule has 0 bridgehead atoms. The summed E-state index contributed by atoms with van der Waals surface area (Å²) in [7, 11) is 0. The van der Waals surface area contributed by atoms with E-state index in [4.69, 9.17) is 0 Å². The normalized spacial score (nSPS) is 36.8. The van der Waals surface area contributed by atoms with Crippen LogP contribution in [0.15, 0.2) is 10.6 Å². The van der Waals surface area contributed by atoms with Crippen molar-refractivity contribution in [2.75, 3.05) is 0 Å². The zero-order valence-corrected chi connectivity index (χ0v) is 15.9. The van der Waals surface area contributed by atoms with Gasteiger partial charge < -0.3 is 5.11 Å². The second-order valence-electron chi connectivity index (χ2n) is 8.46. The molecule has 2 aliphatic rings. The van der Waals surface area contributed by atoms with E-state index in [1.807, 2.05) is 13.8 Å². The first-order valence-electron chi connectivity index (χ1n) is 8.79. The SMILES string of the molecule is C[C@@H](CCCC(C)(C)O)C1CCC2C(=CBr)CCC[C@@]21C. The number of hydrogen-bond donors (Lipinski definition) is 1. The molecule has 1 N–H and O–H groups in total. The van der Waals surface area contributed by atoms with Crippen LogP contribution in [0.1, 0.15) is 79.1 Å². The van der Waals surface area contributed by atoms with Gasteiger partial charge in [0.1, 0.15) is 0 Å². The average Bonchev–Trinajstić information content (AvgIpc) is 2.73. The Morgan fingerprint density at radius 1 is 1.43 bits per heavy atom. The summed E-state index contributed by atoms with van der Waals surface area (Å²) in [6.07, 6.45) is 10.2. The summed E-state index contributed by atoms with van der Waals surface area (Å²) in [5.74, 6) is 2.47. The van der Waals surface area contributed by atoms with Crippen molar-refractivity contribution in [1.29, 1.82) is 0 Å². The smallest absolute Gasteiger partial charge is 0.0591 e. The Morgan fingerprint density at radius 3 is 2.76 bits per heavy atom. The predicted molar refractivity (Wildman–Crippen MR) is 94.5 cm³/mol. The van der Waals surface area contributed by atoms with E-state index in [9.17, 15) is 5.11 Å². The molecule has 21 heavy (non-hydrogen) atoms. The van der Waals surface area contributed by atoms with Crippen LogP contribution < -0.4 is 0 Å². The molecule has 4 atom stereocenters. The monoisotopic (exact) mass is 356 g/mol. The molecule has 0 aromatic rings. The molecule has 2 saturated carbocycles. The quantitative estimate of drug-likeness (QED) is 0.634. The molecule has 0 aromatic carbocycles. The van der Waals surface area contributed by atoms with Crippen molar-refractivity contribution in [3.05, 3.63) is 10.6 Å². The van der Waals surface area contributed by atoms with Gasteiger partial charge in [-0.1, -0.05) is 48.2 Å². The van der Waals surface area contributed by atoms with Crippen LogP contribution in [0.3, 0.4) is 0 Å². The van der Waals surface area contributed by atoms with E-state index in [2.05, 4.69) is 34.8 Å². The molecular weight excluding hydrogens is 324 g/mol. The Balaban J connectivity index is 1.97. The molecule has 2 heteroatoms. The summed E-state index contributed by atoms with van der Waals surface area (Å²) < 4.78 is 0. The third kappa shape index (κ3) is 3.93. The van der Waals surface area contributed by atoms with Gasteiger partial charge in [0.25, 0.3) is 0 Å². The molecular formula is C19H33BrO. The van der Waals surface area contributed by atoms with Crippen LogP contribution in [0.5, 0.6) is 0 Å². The van der Waals surface area contributed by atoms with Crippen molar-refractivity contribution in [1.82, 2.24) is 0 Å². The van der Waals surface area contributed by atoms with Crippen LogP contribution in [0.2, 0.25) is 0 Å². The Kier molecular flexibility index (Phi) is 5.63. The van der Waals surface area contributed by atoms with Gasteiger partial charge in [-0.25, -0.2) is 0 Å². The summed E-state index contributed by atoms with van der Waals surface area (Å²) in [6.45, 7) is 8.86. The van der Waals surface area contributed by atoms with E-state index in [1.54, 1.807) is 5.57 Å². The highest BCUT2D eigenvalue weighted by Gasteiger charge is 2.50. The molecule has 0 spiro atoms. The average molecular weight is 357 g/mol. The molecule has 0 radical (unpaired) electrons. The summed E-state index contributed by atoms with van der Waals surface area (Å²) in [4.78, 5) is 2.22. The van der Waals surface area contributed by atoms with Crippen molar-refractivity contribution >= 4 is 15.9 Å². The predicted octanol–water partition coefficient (Wildman–Crippen LogP) is 6.06. The van der Waals surface area contributed by atoms with Gasteiger partial charge >= 0.3 is 0 Å². The van der Waals surface area contributed by atoms with Crippen molar-refractivity contribution in [3.63, 3.8) is 0 Å². The standard InChI is InChI=1S/C19H33BrO/c1-14(7-5-11-18(2,3)21)16-9-10-17-15(13-20)8-6-12-19(16,17)4/h13-14,16-17,21H,5-12H2,1-4H3/t14-,16?,17?,19+/m0/s1. The lowest BCUT2D eigenvalue weighted by atomic mass is 9.61. The summed E-state index contributed by atoms with van der Waals surface area (Å²) in [5, 5.41) is 9.89. The fourth-order valence-electron chi connectivity index (χ4n) is 5.20. The number of hydrogen-bond acceptors (Lipinski definition) is 1. The highest BCUT2D eigenvalue weighted by atomic mass is 79.9. The number of allylic oxidation sites excluding steroid dienone is 1. The second kappa shape index (κ2) is 6.74. The molecule has 2 unspecified atom stereocenters. The van der Waals surface area contributed by atoms with E-state index in [1.165, 1.54) is 38.5 Å². The molecule has 1 nitrogen and oxygen atoms in total. The largest absolute Gasteiger partial charge is 0.390 e. The maximum absolute atomic E-state index is 9.89. The van der Waals surface area contributed by atoms with E-state index in [-0.39, 0.29) is 0 Å². The molecule has 0 heterocycles. The van der Waals surface area contributed by atoms with E-state index >= 15 is 0 Å². The topological polar surface area (TPSA) is 20.2 Å². The van der Waals surface area contributed by atoms with Crippen LogP contribution in [-0.2, 0) is 0 Å². The van der Waals surface area contributed by atoms with Crippen LogP contribution in [0.25, 0.3) is 0 Å². The molecule has 122 valence electrons. The summed E-state index contributed by atoms with van der Waals surface area (Å²) in [5.41, 5.74) is 1.68. The lowest BCUT2D eigenvalue weighted by Crippen LogP contribution is -2.36. The van der Waals surface area contributed by atoms with Gasteiger partial charge in [-0.2, -0.15) is 0 Å². The Labute approximate surface area is 139 Å². The van der Waals surface area contributed by atoms with Crippen molar-refractivity contribution in [2.24, 2.45) is 23.2 Å². The maximum atomic E-state index is 9.89. The summed E-state index contributed by atoms with van der Waals surface area (Å²) >= 11 is 3.60. The molecule has 0 aliphatic heterocycles. The van der Waals surface area contributed by atoms with Gasteiger partial charge in [0.05, 0.1) is 5.60 Å². The fourth-order valence-corrected chi connectivity index (χ4v) is 5.75. The molecule has 0 aromatic heterocycles. The number of fused-ring (bicyclic) bond motifs is 1. The van der Waals surface area contributed by atoms with Crippen LogP contribution in [-0.4, -0.2) is 10.7 Å². The minimum atomic E-state index is -0.501. The Morgan fingerprint density at radius 2 is 2.14 bits per heavy atom. The zero-order chi connectivity index (χ0) is 15.7. The van der Waals surface area contributed by atoms with Gasteiger partial charge in [-0.15, -0.1) is 0 Å². The van der Waals surface area contributed by atoms with Crippen LogP contribution in [0, 0.1) is 23.2 Å². The number of aliphatic hydroxyl groups is 1. The molecule has 2 aliphatic carbocycles. The zero-order valence-electron chi connectivity index (χ0n) is 14.3. The minimum Gasteiger partial charge on any atom is -0.390 e. The maximum Gasteiger partial charge on any atom is 0.0591 e. The lowest BCUT2D eigenvalue weighted by Gasteiger charge is -2.44. The molecule has 2 rings (SSSR count). The number of halogens is 1. The Bertz CT molecular complexity index is 382.